The summed E-state index contributed by atoms with van der Waals surface area (Å²) in [6.45, 7) is 5.55. The molecule has 86 valence electrons. The van der Waals surface area contributed by atoms with E-state index in [2.05, 4.69) is 6.58 Å². The second-order valence-corrected chi connectivity index (χ2v) is 4.16. The third-order valence-electron chi connectivity index (χ3n) is 2.65. The summed E-state index contributed by atoms with van der Waals surface area (Å²) in [5.41, 5.74) is 1.07. The summed E-state index contributed by atoms with van der Waals surface area (Å²) in [4.78, 5) is 13.4. The molecule has 0 radical (unpaired) electrons. The molecule has 0 saturated heterocycles. The Morgan fingerprint density at radius 2 is 2.06 bits per heavy atom. The number of benzene rings is 1. The SMILES string of the molecule is C=CCC(=O)N(C)C(C)c1ccc(Cl)cc1. The molecule has 1 aromatic rings. The molecule has 0 aliphatic heterocycles. The molecule has 0 heterocycles. The zero-order valence-electron chi connectivity index (χ0n) is 9.61. The summed E-state index contributed by atoms with van der Waals surface area (Å²) in [6.07, 6.45) is 1.99. The maximum Gasteiger partial charge on any atom is 0.226 e. The molecule has 0 fully saturated rings. The van der Waals surface area contributed by atoms with E-state index >= 15 is 0 Å². The molecule has 3 heteroatoms. The van der Waals surface area contributed by atoms with Gasteiger partial charge in [-0.25, -0.2) is 0 Å². The van der Waals surface area contributed by atoms with E-state index < -0.39 is 0 Å². The second-order valence-electron chi connectivity index (χ2n) is 3.72. The van der Waals surface area contributed by atoms with Gasteiger partial charge in [0, 0.05) is 18.5 Å². The predicted octanol–water partition coefficient (Wildman–Crippen LogP) is 3.44. The molecule has 1 amide bonds. The largest absolute Gasteiger partial charge is 0.339 e. The van der Waals surface area contributed by atoms with Crippen LogP contribution in [0, 0.1) is 0 Å². The summed E-state index contributed by atoms with van der Waals surface area (Å²) in [7, 11) is 1.80. The van der Waals surface area contributed by atoms with E-state index in [9.17, 15) is 4.79 Å². The molecule has 0 spiro atoms. The van der Waals surface area contributed by atoms with Gasteiger partial charge in [-0.3, -0.25) is 4.79 Å². The lowest BCUT2D eigenvalue weighted by molar-refractivity contribution is -0.130. The first-order valence-electron chi connectivity index (χ1n) is 5.18. The molecule has 0 N–H and O–H groups in total. The number of carbonyl (C=O) groups is 1. The van der Waals surface area contributed by atoms with Crippen molar-refractivity contribution in [1.29, 1.82) is 0 Å². The average Bonchev–Trinajstić information content (AvgIpc) is 2.28. The van der Waals surface area contributed by atoms with E-state index in [1.807, 2.05) is 31.2 Å². The minimum Gasteiger partial charge on any atom is -0.339 e. The molecule has 2 nitrogen and oxygen atoms in total. The fourth-order valence-electron chi connectivity index (χ4n) is 1.45. The van der Waals surface area contributed by atoms with E-state index in [1.54, 1.807) is 18.0 Å². The van der Waals surface area contributed by atoms with E-state index in [-0.39, 0.29) is 11.9 Å². The number of hydrogen-bond acceptors (Lipinski definition) is 1. The third-order valence-corrected chi connectivity index (χ3v) is 2.90. The van der Waals surface area contributed by atoms with Crippen molar-refractivity contribution in [3.05, 3.63) is 47.5 Å². The molecule has 0 aliphatic rings. The molecule has 0 aliphatic carbocycles. The van der Waals surface area contributed by atoms with Gasteiger partial charge in [0.05, 0.1) is 6.04 Å². The van der Waals surface area contributed by atoms with Gasteiger partial charge in [-0.05, 0) is 24.6 Å². The van der Waals surface area contributed by atoms with Gasteiger partial charge in [0.15, 0.2) is 0 Å². The Morgan fingerprint density at radius 3 is 2.56 bits per heavy atom. The Bertz CT molecular complexity index is 372. The van der Waals surface area contributed by atoms with Crippen molar-refractivity contribution in [3.8, 4) is 0 Å². The Hall–Kier alpha value is -1.28. The minimum atomic E-state index is 0.0460. The first kappa shape index (κ1) is 12.8. The van der Waals surface area contributed by atoms with Gasteiger partial charge in [0.1, 0.15) is 0 Å². The highest BCUT2D eigenvalue weighted by atomic mass is 35.5. The highest BCUT2D eigenvalue weighted by Crippen LogP contribution is 2.21. The zero-order valence-corrected chi connectivity index (χ0v) is 10.4. The van der Waals surface area contributed by atoms with Gasteiger partial charge in [-0.1, -0.05) is 29.8 Å². The van der Waals surface area contributed by atoms with Crippen molar-refractivity contribution >= 4 is 17.5 Å². The number of carbonyl (C=O) groups excluding carboxylic acids is 1. The number of rotatable bonds is 4. The van der Waals surface area contributed by atoms with Gasteiger partial charge in [-0.15, -0.1) is 6.58 Å². The molecule has 1 rings (SSSR count). The Morgan fingerprint density at radius 1 is 1.50 bits per heavy atom. The van der Waals surface area contributed by atoms with Crippen LogP contribution in [-0.4, -0.2) is 17.9 Å². The summed E-state index contributed by atoms with van der Waals surface area (Å²) < 4.78 is 0. The highest BCUT2D eigenvalue weighted by molar-refractivity contribution is 6.30. The Kier molecular flexibility index (Phi) is 4.56. The normalized spacial score (nSPS) is 11.9. The van der Waals surface area contributed by atoms with Gasteiger partial charge in [0.2, 0.25) is 5.91 Å². The standard InChI is InChI=1S/C13H16ClNO/c1-4-5-13(16)15(3)10(2)11-6-8-12(14)9-7-11/h4,6-10H,1,5H2,2-3H3. The molecular formula is C13H16ClNO. The van der Waals surface area contributed by atoms with E-state index in [1.165, 1.54) is 0 Å². The van der Waals surface area contributed by atoms with Crippen LogP contribution >= 0.6 is 11.6 Å². The monoisotopic (exact) mass is 237 g/mol. The number of nitrogens with zero attached hydrogens (tertiary/aromatic N) is 1. The Balaban J connectivity index is 2.77. The van der Waals surface area contributed by atoms with Gasteiger partial charge in [0.25, 0.3) is 0 Å². The van der Waals surface area contributed by atoms with E-state index in [4.69, 9.17) is 11.6 Å². The predicted molar refractivity (Wildman–Crippen MR) is 67.5 cm³/mol. The number of halogens is 1. The quantitative estimate of drug-likeness (QED) is 0.735. The topological polar surface area (TPSA) is 20.3 Å². The molecule has 0 bridgehead atoms. The van der Waals surface area contributed by atoms with Gasteiger partial charge in [-0.2, -0.15) is 0 Å². The lowest BCUT2D eigenvalue weighted by Crippen LogP contribution is -2.28. The van der Waals surface area contributed by atoms with Crippen LogP contribution in [0.2, 0.25) is 5.02 Å². The minimum absolute atomic E-state index is 0.0460. The molecule has 1 atom stereocenters. The van der Waals surface area contributed by atoms with Crippen molar-refractivity contribution < 1.29 is 4.79 Å². The van der Waals surface area contributed by atoms with Crippen LogP contribution in [0.1, 0.15) is 24.9 Å². The van der Waals surface area contributed by atoms with Crippen LogP contribution in [0.25, 0.3) is 0 Å². The fraction of sp³-hybridized carbons (Fsp3) is 0.308. The lowest BCUT2D eigenvalue weighted by Gasteiger charge is -2.25. The third kappa shape index (κ3) is 3.11. The number of amides is 1. The first-order chi connectivity index (χ1) is 7.56. The zero-order chi connectivity index (χ0) is 12.1. The molecular weight excluding hydrogens is 222 g/mol. The lowest BCUT2D eigenvalue weighted by atomic mass is 10.1. The van der Waals surface area contributed by atoms with Gasteiger partial charge >= 0.3 is 0 Å². The van der Waals surface area contributed by atoms with Crippen molar-refractivity contribution in [2.45, 2.75) is 19.4 Å². The van der Waals surface area contributed by atoms with Crippen molar-refractivity contribution in [2.24, 2.45) is 0 Å². The summed E-state index contributed by atoms with van der Waals surface area (Å²) >= 11 is 5.81. The van der Waals surface area contributed by atoms with E-state index in [0.717, 1.165) is 5.56 Å². The van der Waals surface area contributed by atoms with Crippen LogP contribution in [0.3, 0.4) is 0 Å². The maximum absolute atomic E-state index is 11.7. The highest BCUT2D eigenvalue weighted by Gasteiger charge is 2.15. The van der Waals surface area contributed by atoms with Crippen molar-refractivity contribution in [1.82, 2.24) is 4.90 Å². The van der Waals surface area contributed by atoms with Crippen molar-refractivity contribution in [2.75, 3.05) is 7.05 Å². The van der Waals surface area contributed by atoms with Crippen LogP contribution < -0.4 is 0 Å². The second kappa shape index (κ2) is 5.71. The molecule has 16 heavy (non-hydrogen) atoms. The van der Waals surface area contributed by atoms with Crippen LogP contribution in [0.15, 0.2) is 36.9 Å². The Labute approximate surface area is 102 Å². The average molecular weight is 238 g/mol. The summed E-state index contributed by atoms with van der Waals surface area (Å²) in [5.74, 6) is 0.0671. The van der Waals surface area contributed by atoms with E-state index in [0.29, 0.717) is 11.4 Å². The van der Waals surface area contributed by atoms with Gasteiger partial charge < -0.3 is 4.90 Å². The smallest absolute Gasteiger partial charge is 0.226 e. The molecule has 1 aromatic carbocycles. The molecule has 0 saturated carbocycles. The van der Waals surface area contributed by atoms with Crippen molar-refractivity contribution in [3.63, 3.8) is 0 Å². The summed E-state index contributed by atoms with van der Waals surface area (Å²) in [5, 5.41) is 0.705. The number of hydrogen-bond donors (Lipinski definition) is 0. The maximum atomic E-state index is 11.7. The van der Waals surface area contributed by atoms with Crippen LogP contribution in [0.5, 0.6) is 0 Å². The first-order valence-corrected chi connectivity index (χ1v) is 5.56. The van der Waals surface area contributed by atoms with Crippen LogP contribution in [0.4, 0.5) is 0 Å². The fourth-order valence-corrected chi connectivity index (χ4v) is 1.57. The summed E-state index contributed by atoms with van der Waals surface area (Å²) in [6, 6.07) is 7.58. The molecule has 1 unspecified atom stereocenters. The van der Waals surface area contributed by atoms with Crippen LogP contribution in [-0.2, 0) is 4.79 Å². The molecule has 0 aromatic heterocycles.